The van der Waals surface area contributed by atoms with Gasteiger partial charge in [-0.1, -0.05) is 54.6 Å². The molecular weight excluding hydrogens is 260 g/mol. The van der Waals surface area contributed by atoms with Gasteiger partial charge in [-0.2, -0.15) is 5.10 Å². The van der Waals surface area contributed by atoms with Crippen LogP contribution in [-0.4, -0.2) is 16.7 Å². The lowest BCUT2D eigenvalue weighted by atomic mass is 10.1. The summed E-state index contributed by atoms with van der Waals surface area (Å²) in [5.41, 5.74) is 7.35. The molecule has 0 fully saturated rings. The van der Waals surface area contributed by atoms with Gasteiger partial charge in [0.2, 0.25) is 0 Å². The van der Waals surface area contributed by atoms with E-state index in [9.17, 15) is 0 Å². The van der Waals surface area contributed by atoms with Gasteiger partial charge >= 0.3 is 0 Å². The number of rotatable bonds is 5. The van der Waals surface area contributed by atoms with Gasteiger partial charge in [0.05, 0.1) is 6.20 Å². The number of nitrogens with zero attached hydrogens (tertiary/aromatic N) is 2. The number of nitrogens with one attached hydrogen (secondary N) is 1. The summed E-state index contributed by atoms with van der Waals surface area (Å²) in [5.74, 6) is 0.813. The Morgan fingerprint density at radius 3 is 2.62 bits per heavy atom. The second-order valence-corrected chi connectivity index (χ2v) is 5.01. The smallest absolute Gasteiger partial charge is 0.156 e. The summed E-state index contributed by atoms with van der Waals surface area (Å²) < 4.78 is 0. The van der Waals surface area contributed by atoms with Crippen LogP contribution < -0.4 is 11.1 Å². The van der Waals surface area contributed by atoms with E-state index in [0.717, 1.165) is 35.1 Å². The van der Waals surface area contributed by atoms with E-state index in [-0.39, 0.29) is 6.04 Å². The van der Waals surface area contributed by atoms with Gasteiger partial charge in [-0.15, -0.1) is 5.10 Å². The largest absolute Gasteiger partial charge is 0.368 e. The van der Waals surface area contributed by atoms with Gasteiger partial charge in [-0.25, -0.2) is 0 Å². The molecule has 1 unspecified atom stereocenters. The van der Waals surface area contributed by atoms with Crippen molar-refractivity contribution in [3.8, 4) is 0 Å². The van der Waals surface area contributed by atoms with Crippen LogP contribution in [0.5, 0.6) is 0 Å². The molecule has 0 aliphatic carbocycles. The molecule has 0 bridgehead atoms. The van der Waals surface area contributed by atoms with Crippen LogP contribution in [0, 0.1) is 0 Å². The summed E-state index contributed by atoms with van der Waals surface area (Å²) in [4.78, 5) is 0. The lowest BCUT2D eigenvalue weighted by Crippen LogP contribution is -2.15. The first-order chi connectivity index (χ1) is 10.3. The fraction of sp³-hybridized carbons (Fsp3) is 0.176. The lowest BCUT2D eigenvalue weighted by Gasteiger charge is -2.13. The Morgan fingerprint density at radius 2 is 1.76 bits per heavy atom. The minimum absolute atomic E-state index is 0.0293. The first-order valence-electron chi connectivity index (χ1n) is 7.09. The quantitative estimate of drug-likeness (QED) is 0.752. The maximum atomic E-state index is 6.20. The monoisotopic (exact) mass is 278 g/mol. The molecule has 106 valence electrons. The van der Waals surface area contributed by atoms with Crippen LogP contribution in [0.2, 0.25) is 0 Å². The molecule has 0 amide bonds. The van der Waals surface area contributed by atoms with E-state index in [1.807, 2.05) is 42.5 Å². The van der Waals surface area contributed by atoms with Crippen LogP contribution in [0.4, 0.5) is 5.82 Å². The Hall–Kier alpha value is -2.46. The maximum absolute atomic E-state index is 6.20. The molecule has 0 aliphatic rings. The SMILES string of the molecule is NC(CCNc1nncc2ccccc12)c1ccccc1. The van der Waals surface area contributed by atoms with Crippen molar-refractivity contribution in [2.24, 2.45) is 5.73 Å². The van der Waals surface area contributed by atoms with Gasteiger partial charge in [0.15, 0.2) is 5.82 Å². The van der Waals surface area contributed by atoms with Gasteiger partial charge in [-0.05, 0) is 12.0 Å². The van der Waals surface area contributed by atoms with Crippen LogP contribution in [-0.2, 0) is 0 Å². The molecule has 1 aromatic heterocycles. The van der Waals surface area contributed by atoms with Crippen molar-refractivity contribution in [2.45, 2.75) is 12.5 Å². The number of anilines is 1. The summed E-state index contributed by atoms with van der Waals surface area (Å²) in [7, 11) is 0. The molecule has 3 rings (SSSR count). The zero-order chi connectivity index (χ0) is 14.5. The fourth-order valence-electron chi connectivity index (χ4n) is 2.37. The van der Waals surface area contributed by atoms with Crippen molar-refractivity contribution in [3.05, 3.63) is 66.4 Å². The van der Waals surface area contributed by atoms with Gasteiger partial charge < -0.3 is 11.1 Å². The van der Waals surface area contributed by atoms with Gasteiger partial charge in [0, 0.05) is 23.4 Å². The first kappa shape index (κ1) is 13.5. The number of aromatic nitrogens is 2. The molecule has 4 heteroatoms. The molecule has 3 N–H and O–H groups in total. The van der Waals surface area contributed by atoms with E-state index in [2.05, 4.69) is 27.6 Å². The zero-order valence-electron chi connectivity index (χ0n) is 11.7. The second kappa shape index (κ2) is 6.33. The number of hydrogen-bond acceptors (Lipinski definition) is 4. The van der Waals surface area contributed by atoms with Gasteiger partial charge in [0.1, 0.15) is 0 Å². The van der Waals surface area contributed by atoms with Crippen molar-refractivity contribution >= 4 is 16.6 Å². The van der Waals surface area contributed by atoms with Crippen molar-refractivity contribution in [3.63, 3.8) is 0 Å². The van der Waals surface area contributed by atoms with Crippen molar-refractivity contribution in [2.75, 3.05) is 11.9 Å². The van der Waals surface area contributed by atoms with Crippen LogP contribution in [0.3, 0.4) is 0 Å². The topological polar surface area (TPSA) is 63.8 Å². The average Bonchev–Trinajstić information content (AvgIpc) is 2.56. The molecular formula is C17H18N4. The van der Waals surface area contributed by atoms with E-state index in [1.54, 1.807) is 6.20 Å². The standard InChI is InChI=1S/C17H18N4/c18-16(13-6-2-1-3-7-13)10-11-19-17-15-9-5-4-8-14(15)12-20-21-17/h1-9,12,16H,10-11,18H2,(H,19,21). The Morgan fingerprint density at radius 1 is 1.00 bits per heavy atom. The van der Waals surface area contributed by atoms with Gasteiger partial charge in [0.25, 0.3) is 0 Å². The molecule has 1 atom stereocenters. The molecule has 0 saturated carbocycles. The molecule has 4 nitrogen and oxygen atoms in total. The molecule has 1 heterocycles. The normalized spacial score (nSPS) is 12.2. The van der Waals surface area contributed by atoms with Crippen molar-refractivity contribution in [1.82, 2.24) is 10.2 Å². The molecule has 0 spiro atoms. The third-order valence-corrected chi connectivity index (χ3v) is 3.55. The predicted octanol–water partition coefficient (Wildman–Crippen LogP) is 3.13. The summed E-state index contributed by atoms with van der Waals surface area (Å²) in [6.07, 6.45) is 2.62. The van der Waals surface area contributed by atoms with E-state index in [0.29, 0.717) is 0 Å². The third-order valence-electron chi connectivity index (χ3n) is 3.55. The van der Waals surface area contributed by atoms with E-state index in [4.69, 9.17) is 5.73 Å². The fourth-order valence-corrected chi connectivity index (χ4v) is 2.37. The summed E-state index contributed by atoms with van der Waals surface area (Å²) in [5, 5.41) is 13.7. The van der Waals surface area contributed by atoms with Gasteiger partial charge in [-0.3, -0.25) is 0 Å². The highest BCUT2D eigenvalue weighted by molar-refractivity contribution is 5.90. The summed E-state index contributed by atoms with van der Waals surface area (Å²) in [6.45, 7) is 0.763. The van der Waals surface area contributed by atoms with E-state index < -0.39 is 0 Å². The Kier molecular flexibility index (Phi) is 4.07. The van der Waals surface area contributed by atoms with Crippen LogP contribution in [0.15, 0.2) is 60.8 Å². The lowest BCUT2D eigenvalue weighted by molar-refractivity contribution is 0.674. The number of benzene rings is 2. The first-order valence-corrected chi connectivity index (χ1v) is 7.09. The summed E-state index contributed by atoms with van der Waals surface area (Å²) in [6, 6.07) is 18.3. The van der Waals surface area contributed by atoms with Crippen LogP contribution in [0.1, 0.15) is 18.0 Å². The minimum atomic E-state index is 0.0293. The molecule has 2 aromatic carbocycles. The maximum Gasteiger partial charge on any atom is 0.156 e. The highest BCUT2D eigenvalue weighted by atomic mass is 15.2. The average molecular weight is 278 g/mol. The van der Waals surface area contributed by atoms with E-state index >= 15 is 0 Å². The zero-order valence-corrected chi connectivity index (χ0v) is 11.7. The minimum Gasteiger partial charge on any atom is -0.368 e. The number of hydrogen-bond donors (Lipinski definition) is 2. The van der Waals surface area contributed by atoms with Crippen molar-refractivity contribution in [1.29, 1.82) is 0 Å². The van der Waals surface area contributed by atoms with Crippen molar-refractivity contribution < 1.29 is 0 Å². The van der Waals surface area contributed by atoms with Crippen LogP contribution >= 0.6 is 0 Å². The molecule has 0 saturated heterocycles. The highest BCUT2D eigenvalue weighted by Crippen LogP contribution is 2.20. The Labute approximate surface area is 124 Å². The van der Waals surface area contributed by atoms with Crippen LogP contribution in [0.25, 0.3) is 10.8 Å². The highest BCUT2D eigenvalue weighted by Gasteiger charge is 2.06. The number of nitrogens with two attached hydrogens (primary N) is 1. The number of fused-ring (bicyclic) bond motifs is 1. The molecule has 0 radical (unpaired) electrons. The third kappa shape index (κ3) is 3.17. The second-order valence-electron chi connectivity index (χ2n) is 5.01. The van der Waals surface area contributed by atoms with E-state index in [1.165, 1.54) is 0 Å². The molecule has 0 aliphatic heterocycles. The molecule has 3 aromatic rings. The summed E-state index contributed by atoms with van der Waals surface area (Å²) >= 11 is 0. The Balaban J connectivity index is 1.65. The molecule has 21 heavy (non-hydrogen) atoms. The Bertz CT molecular complexity index is 707. The predicted molar refractivity (Wildman–Crippen MR) is 86.0 cm³/mol.